The van der Waals surface area contributed by atoms with Gasteiger partial charge in [0.1, 0.15) is 12.4 Å². The molecule has 0 aliphatic carbocycles. The van der Waals surface area contributed by atoms with E-state index in [4.69, 9.17) is 9.47 Å². The fourth-order valence-corrected chi connectivity index (χ4v) is 2.89. The van der Waals surface area contributed by atoms with Gasteiger partial charge in [-0.2, -0.15) is 12.1 Å². The maximum atomic E-state index is 12.0. The second kappa shape index (κ2) is 9.52. The van der Waals surface area contributed by atoms with Crippen LogP contribution in [0.25, 0.3) is 11.3 Å². The van der Waals surface area contributed by atoms with Crippen LogP contribution in [-0.4, -0.2) is 24.9 Å². The van der Waals surface area contributed by atoms with Gasteiger partial charge < -0.3 is 14.0 Å². The molecule has 0 saturated carbocycles. The molecule has 115 valence electrons. The van der Waals surface area contributed by atoms with Gasteiger partial charge >= 0.3 is 0 Å². The van der Waals surface area contributed by atoms with Crippen molar-refractivity contribution in [3.63, 3.8) is 0 Å². The molecular weight excluding hydrogens is 538 g/mol. The van der Waals surface area contributed by atoms with E-state index in [9.17, 15) is 4.79 Å². The molecule has 1 radical (unpaired) electrons. The minimum absolute atomic E-state index is 0. The molecule has 1 heterocycles. The van der Waals surface area contributed by atoms with Crippen molar-refractivity contribution in [2.45, 2.75) is 0 Å². The molecule has 0 atom stereocenters. The first kappa shape index (κ1) is 20.3. The molecule has 0 N–H and O–H groups in total. The maximum absolute atomic E-state index is 12.0. The van der Waals surface area contributed by atoms with E-state index in [2.05, 4.69) is 22.0 Å². The number of hydrogen-bond donors (Lipinski definition) is 0. The average molecular weight is 552 g/mol. The van der Waals surface area contributed by atoms with Crippen molar-refractivity contribution in [1.29, 1.82) is 0 Å². The Balaban J connectivity index is 0.00000242. The van der Waals surface area contributed by atoms with Crippen molar-refractivity contribution in [1.82, 2.24) is 4.57 Å². The van der Waals surface area contributed by atoms with E-state index in [-0.39, 0.29) is 38.3 Å². The number of rotatable bonds is 5. The number of halogens is 2. The van der Waals surface area contributed by atoms with Gasteiger partial charge in [-0.1, -0.05) is 27.2 Å². The zero-order valence-electron chi connectivity index (χ0n) is 12.2. The van der Waals surface area contributed by atoms with Crippen LogP contribution in [0, 0.1) is 9.64 Å². The summed E-state index contributed by atoms with van der Waals surface area (Å²) in [4.78, 5) is 12.0. The van der Waals surface area contributed by atoms with Crippen molar-refractivity contribution >= 4 is 38.5 Å². The van der Waals surface area contributed by atoms with Gasteiger partial charge in [0.05, 0.1) is 6.61 Å². The summed E-state index contributed by atoms with van der Waals surface area (Å²) < 4.78 is 13.6. The predicted molar refractivity (Wildman–Crippen MR) is 93.7 cm³/mol. The Morgan fingerprint density at radius 3 is 2.73 bits per heavy atom. The third kappa shape index (κ3) is 4.87. The molecule has 0 aliphatic rings. The van der Waals surface area contributed by atoms with E-state index in [1.165, 1.54) is 0 Å². The summed E-state index contributed by atoms with van der Waals surface area (Å²) in [7, 11) is 3.38. The molecule has 0 saturated heterocycles. The number of benzene rings is 1. The molecule has 2 aromatic rings. The molecule has 0 fully saturated rings. The normalized spacial score (nSPS) is 10.2. The molecular formula is C15H14BrINO3Y-. The Hall–Kier alpha value is 0.244. The molecule has 1 aromatic carbocycles. The molecule has 0 aliphatic heterocycles. The van der Waals surface area contributed by atoms with Gasteiger partial charge in [0.2, 0.25) is 5.56 Å². The molecule has 0 amide bonds. The monoisotopic (exact) mass is 551 g/mol. The van der Waals surface area contributed by atoms with E-state index in [1.54, 1.807) is 24.8 Å². The standard InChI is InChI=1S/C15H14BrINO3.Y/c1-18-14(6-5-13(17)15(18)19)11-4-3-10(9-12(11)16)21-8-7-20-2;/h3-5,9H,7-8H2,1-2H3;/q-1;. The first-order valence-corrected chi connectivity index (χ1v) is 8.10. The molecule has 7 heteroatoms. The van der Waals surface area contributed by atoms with Crippen molar-refractivity contribution in [3.8, 4) is 17.0 Å². The fourth-order valence-electron chi connectivity index (χ4n) is 1.83. The Morgan fingerprint density at radius 1 is 1.36 bits per heavy atom. The van der Waals surface area contributed by atoms with E-state index >= 15 is 0 Å². The summed E-state index contributed by atoms with van der Waals surface area (Å²) >= 11 is 5.53. The van der Waals surface area contributed by atoms with Crippen molar-refractivity contribution < 1.29 is 42.2 Å². The van der Waals surface area contributed by atoms with Crippen LogP contribution in [0.3, 0.4) is 0 Å². The molecule has 0 bridgehead atoms. The molecule has 0 spiro atoms. The van der Waals surface area contributed by atoms with Crippen molar-refractivity contribution in [3.05, 3.63) is 48.7 Å². The first-order chi connectivity index (χ1) is 10.0. The van der Waals surface area contributed by atoms with Crippen LogP contribution < -0.4 is 10.3 Å². The maximum Gasteiger partial charge on any atom is 0.207 e. The van der Waals surface area contributed by atoms with Gasteiger partial charge in [-0.15, -0.1) is 28.7 Å². The summed E-state index contributed by atoms with van der Waals surface area (Å²) in [6.45, 7) is 1.04. The fraction of sp³-hybridized carbons (Fsp3) is 0.267. The van der Waals surface area contributed by atoms with Crippen LogP contribution in [-0.2, 0) is 44.5 Å². The topological polar surface area (TPSA) is 40.5 Å². The van der Waals surface area contributed by atoms with Crippen LogP contribution in [0.15, 0.2) is 33.5 Å². The van der Waals surface area contributed by atoms with Crippen molar-refractivity contribution in [2.75, 3.05) is 20.3 Å². The smallest absolute Gasteiger partial charge is 0.207 e. The van der Waals surface area contributed by atoms with Crippen LogP contribution in [0.2, 0.25) is 0 Å². The van der Waals surface area contributed by atoms with E-state index in [0.717, 1.165) is 21.5 Å². The van der Waals surface area contributed by atoms with Crippen LogP contribution in [0.5, 0.6) is 5.75 Å². The quantitative estimate of drug-likeness (QED) is 0.325. The molecule has 4 nitrogen and oxygen atoms in total. The first-order valence-electron chi connectivity index (χ1n) is 6.23. The largest absolute Gasteiger partial charge is 0.491 e. The second-order valence-corrected chi connectivity index (χ2v) is 6.35. The molecule has 1 aromatic heterocycles. The number of pyridine rings is 1. The molecule has 0 unspecified atom stereocenters. The summed E-state index contributed by atoms with van der Waals surface area (Å²) in [5.41, 5.74) is 1.59. The summed E-state index contributed by atoms with van der Waals surface area (Å²) in [6, 6.07) is 10.5. The van der Waals surface area contributed by atoms with E-state index in [1.807, 2.05) is 40.8 Å². The third-order valence-corrected chi connectivity index (χ3v) is 4.36. The number of ether oxygens (including phenoxy) is 2. The number of methoxy groups -OCH3 is 1. The average Bonchev–Trinajstić information content (AvgIpc) is 2.46. The summed E-state index contributed by atoms with van der Waals surface area (Å²) in [5, 5.41) is 0. The minimum atomic E-state index is -0.0309. The van der Waals surface area contributed by atoms with Gasteiger partial charge in [-0.3, -0.25) is 4.79 Å². The Bertz CT molecular complexity index is 706. The van der Waals surface area contributed by atoms with Gasteiger partial charge in [-0.05, 0) is 20.2 Å². The van der Waals surface area contributed by atoms with E-state index in [0.29, 0.717) is 16.8 Å². The number of nitrogens with zero attached hydrogens (tertiary/aromatic N) is 1. The zero-order chi connectivity index (χ0) is 15.4. The van der Waals surface area contributed by atoms with Gasteiger partial charge in [0.25, 0.3) is 0 Å². The van der Waals surface area contributed by atoms with Crippen molar-refractivity contribution in [2.24, 2.45) is 7.05 Å². The van der Waals surface area contributed by atoms with Gasteiger partial charge in [0, 0.05) is 46.9 Å². The summed E-state index contributed by atoms with van der Waals surface area (Å²) in [6.07, 6.45) is 0. The van der Waals surface area contributed by atoms with E-state index < -0.39 is 0 Å². The van der Waals surface area contributed by atoms with Crippen LogP contribution in [0.1, 0.15) is 0 Å². The summed E-state index contributed by atoms with van der Waals surface area (Å²) in [5.74, 6) is 0.748. The number of aromatic nitrogens is 1. The van der Waals surface area contributed by atoms with Gasteiger partial charge in [0.15, 0.2) is 0 Å². The zero-order valence-corrected chi connectivity index (χ0v) is 18.8. The molecule has 22 heavy (non-hydrogen) atoms. The van der Waals surface area contributed by atoms with Crippen LogP contribution in [0.4, 0.5) is 0 Å². The number of hydrogen-bond acceptors (Lipinski definition) is 3. The molecule has 2 rings (SSSR count). The third-order valence-electron chi connectivity index (χ3n) is 2.93. The Labute approximate surface area is 176 Å². The SMILES string of the molecule is COCCOc1ccc(-c2[c-]cc(I)c(=O)n2C)c(Br)c1.[Y]. The van der Waals surface area contributed by atoms with Gasteiger partial charge in [-0.25, -0.2) is 0 Å². The Morgan fingerprint density at radius 2 is 2.09 bits per heavy atom. The minimum Gasteiger partial charge on any atom is -0.491 e. The van der Waals surface area contributed by atoms with Crippen LogP contribution >= 0.6 is 38.5 Å². The predicted octanol–water partition coefficient (Wildman–Crippen LogP) is 3.24. The Kier molecular flexibility index (Phi) is 8.78. The second-order valence-electron chi connectivity index (χ2n) is 4.33.